The van der Waals surface area contributed by atoms with Crippen LogP contribution in [0.4, 0.5) is 4.39 Å². The fraction of sp³-hybridized carbons (Fsp3) is 0.500. The summed E-state index contributed by atoms with van der Waals surface area (Å²) in [6.07, 6.45) is 6.31. The second-order valence-corrected chi connectivity index (χ2v) is 5.51. The Morgan fingerprint density at radius 3 is 2.75 bits per heavy atom. The van der Waals surface area contributed by atoms with Crippen LogP contribution in [-0.4, -0.2) is 9.55 Å². The third-order valence-electron chi connectivity index (χ3n) is 4.19. The summed E-state index contributed by atoms with van der Waals surface area (Å²) in [6, 6.07) is 4.49. The zero-order valence-corrected chi connectivity index (χ0v) is 11.7. The minimum Gasteiger partial charge on any atom is -0.293 e. The Kier molecular flexibility index (Phi) is 3.55. The Morgan fingerprint density at radius 1 is 1.30 bits per heavy atom. The van der Waals surface area contributed by atoms with Gasteiger partial charge in [-0.25, -0.2) is 9.37 Å². The summed E-state index contributed by atoms with van der Waals surface area (Å²) in [5.41, 5.74) is 0.513. The highest BCUT2D eigenvalue weighted by Crippen LogP contribution is 2.28. The number of hydrogen-bond donors (Lipinski definition) is 0. The zero-order valence-electron chi connectivity index (χ0n) is 11.7. The van der Waals surface area contributed by atoms with E-state index >= 15 is 0 Å². The summed E-state index contributed by atoms with van der Waals surface area (Å²) in [5, 5.41) is 0.396. The van der Waals surface area contributed by atoms with Crippen molar-refractivity contribution in [3.63, 3.8) is 0 Å². The zero-order chi connectivity index (χ0) is 14.1. The lowest BCUT2D eigenvalue weighted by molar-refractivity contribution is 0.337. The molecule has 20 heavy (non-hydrogen) atoms. The number of nitrogens with zero attached hydrogens (tertiary/aromatic N) is 2. The SMILES string of the molecule is CCc1nc2ccc(F)cc2c(=O)n1C1CCCCC1. The molecule has 1 aromatic heterocycles. The molecular formula is C16H19FN2O. The van der Waals surface area contributed by atoms with E-state index in [0.717, 1.165) is 37.9 Å². The van der Waals surface area contributed by atoms with Gasteiger partial charge in [0.25, 0.3) is 5.56 Å². The topological polar surface area (TPSA) is 34.9 Å². The Bertz CT molecular complexity index is 687. The summed E-state index contributed by atoms with van der Waals surface area (Å²) < 4.78 is 15.2. The molecule has 3 rings (SSSR count). The summed E-state index contributed by atoms with van der Waals surface area (Å²) in [6.45, 7) is 2.01. The quantitative estimate of drug-likeness (QED) is 0.838. The molecule has 1 heterocycles. The average molecular weight is 274 g/mol. The second kappa shape index (κ2) is 5.35. The van der Waals surface area contributed by atoms with E-state index in [4.69, 9.17) is 0 Å². The van der Waals surface area contributed by atoms with Crippen LogP contribution in [0.5, 0.6) is 0 Å². The van der Waals surface area contributed by atoms with E-state index in [2.05, 4.69) is 4.98 Å². The molecule has 1 saturated carbocycles. The smallest absolute Gasteiger partial charge is 0.261 e. The summed E-state index contributed by atoms with van der Waals surface area (Å²) >= 11 is 0. The Morgan fingerprint density at radius 2 is 2.05 bits per heavy atom. The van der Waals surface area contributed by atoms with Gasteiger partial charge in [0.15, 0.2) is 0 Å². The highest BCUT2D eigenvalue weighted by molar-refractivity contribution is 5.77. The molecule has 4 heteroatoms. The molecule has 0 bridgehead atoms. The normalized spacial score (nSPS) is 16.7. The standard InChI is InChI=1S/C16H19FN2O/c1-2-15-18-14-9-8-11(17)10-13(14)16(20)19(15)12-6-4-3-5-7-12/h8-10,12H,2-7H2,1H3. The van der Waals surface area contributed by atoms with Crippen LogP contribution in [0.1, 0.15) is 50.9 Å². The lowest BCUT2D eigenvalue weighted by Crippen LogP contribution is -2.30. The van der Waals surface area contributed by atoms with Crippen molar-refractivity contribution in [1.82, 2.24) is 9.55 Å². The molecule has 0 unspecified atom stereocenters. The van der Waals surface area contributed by atoms with E-state index in [1.165, 1.54) is 18.6 Å². The number of rotatable bonds is 2. The first-order chi connectivity index (χ1) is 9.70. The maximum Gasteiger partial charge on any atom is 0.261 e. The van der Waals surface area contributed by atoms with Gasteiger partial charge in [-0.05, 0) is 31.0 Å². The van der Waals surface area contributed by atoms with E-state index in [9.17, 15) is 9.18 Å². The van der Waals surface area contributed by atoms with Crippen LogP contribution >= 0.6 is 0 Å². The van der Waals surface area contributed by atoms with Gasteiger partial charge in [0.1, 0.15) is 11.6 Å². The number of aryl methyl sites for hydroxylation is 1. The number of aromatic nitrogens is 2. The van der Waals surface area contributed by atoms with Gasteiger partial charge in [-0.3, -0.25) is 9.36 Å². The molecule has 0 amide bonds. The van der Waals surface area contributed by atoms with E-state index in [0.29, 0.717) is 10.9 Å². The highest BCUT2D eigenvalue weighted by Gasteiger charge is 2.20. The first-order valence-electron chi connectivity index (χ1n) is 7.41. The molecule has 1 aromatic carbocycles. The highest BCUT2D eigenvalue weighted by atomic mass is 19.1. The summed E-state index contributed by atoms with van der Waals surface area (Å²) in [4.78, 5) is 17.3. The molecule has 106 valence electrons. The maximum atomic E-state index is 13.4. The minimum absolute atomic E-state index is 0.0850. The molecule has 2 aromatic rings. The fourth-order valence-electron chi connectivity index (χ4n) is 3.18. The van der Waals surface area contributed by atoms with Crippen molar-refractivity contribution >= 4 is 10.9 Å². The minimum atomic E-state index is -0.379. The molecule has 1 aliphatic carbocycles. The van der Waals surface area contributed by atoms with Gasteiger partial charge >= 0.3 is 0 Å². The molecule has 0 N–H and O–H groups in total. The number of hydrogen-bond acceptors (Lipinski definition) is 2. The van der Waals surface area contributed by atoms with Crippen molar-refractivity contribution in [2.75, 3.05) is 0 Å². The van der Waals surface area contributed by atoms with E-state index in [1.54, 1.807) is 6.07 Å². The molecule has 0 radical (unpaired) electrons. The number of benzene rings is 1. The van der Waals surface area contributed by atoms with E-state index in [-0.39, 0.29) is 17.4 Å². The van der Waals surface area contributed by atoms with Crippen molar-refractivity contribution in [2.45, 2.75) is 51.5 Å². The van der Waals surface area contributed by atoms with Gasteiger partial charge in [-0.15, -0.1) is 0 Å². The lowest BCUT2D eigenvalue weighted by atomic mass is 9.95. The molecule has 0 aliphatic heterocycles. The van der Waals surface area contributed by atoms with Crippen molar-refractivity contribution < 1.29 is 4.39 Å². The second-order valence-electron chi connectivity index (χ2n) is 5.51. The predicted octanol–water partition coefficient (Wildman–Crippen LogP) is 3.60. The first-order valence-corrected chi connectivity index (χ1v) is 7.41. The molecule has 3 nitrogen and oxygen atoms in total. The molecule has 1 aliphatic rings. The molecular weight excluding hydrogens is 255 g/mol. The maximum absolute atomic E-state index is 13.4. The van der Waals surface area contributed by atoms with Crippen molar-refractivity contribution in [3.8, 4) is 0 Å². The Labute approximate surface area is 117 Å². The third kappa shape index (κ3) is 2.23. The van der Waals surface area contributed by atoms with Crippen LogP contribution in [0, 0.1) is 5.82 Å². The van der Waals surface area contributed by atoms with Gasteiger partial charge in [-0.2, -0.15) is 0 Å². The van der Waals surface area contributed by atoms with Crippen LogP contribution < -0.4 is 5.56 Å². The predicted molar refractivity (Wildman–Crippen MR) is 77.5 cm³/mol. The van der Waals surface area contributed by atoms with Gasteiger partial charge in [0.05, 0.1) is 10.9 Å². The summed E-state index contributed by atoms with van der Waals surface area (Å²) in [7, 11) is 0. The molecule has 1 fully saturated rings. The summed E-state index contributed by atoms with van der Waals surface area (Å²) in [5.74, 6) is 0.442. The van der Waals surface area contributed by atoms with Crippen LogP contribution in [-0.2, 0) is 6.42 Å². The van der Waals surface area contributed by atoms with Crippen LogP contribution in [0.25, 0.3) is 10.9 Å². The molecule has 0 spiro atoms. The Hall–Kier alpha value is -1.71. The monoisotopic (exact) mass is 274 g/mol. The first kappa shape index (κ1) is 13.3. The lowest BCUT2D eigenvalue weighted by Gasteiger charge is -2.26. The fourth-order valence-corrected chi connectivity index (χ4v) is 3.18. The van der Waals surface area contributed by atoms with Gasteiger partial charge in [-0.1, -0.05) is 26.2 Å². The van der Waals surface area contributed by atoms with E-state index < -0.39 is 0 Å². The average Bonchev–Trinajstić information content (AvgIpc) is 2.48. The third-order valence-corrected chi connectivity index (χ3v) is 4.19. The number of fused-ring (bicyclic) bond motifs is 1. The van der Waals surface area contributed by atoms with Crippen LogP contribution in [0.2, 0.25) is 0 Å². The van der Waals surface area contributed by atoms with Crippen molar-refractivity contribution in [1.29, 1.82) is 0 Å². The van der Waals surface area contributed by atoms with Gasteiger partial charge < -0.3 is 0 Å². The van der Waals surface area contributed by atoms with Gasteiger partial charge in [0.2, 0.25) is 0 Å². The number of halogens is 1. The molecule has 0 atom stereocenters. The van der Waals surface area contributed by atoms with E-state index in [1.807, 2.05) is 11.5 Å². The Balaban J connectivity index is 2.23. The van der Waals surface area contributed by atoms with Crippen LogP contribution in [0.3, 0.4) is 0 Å². The van der Waals surface area contributed by atoms with Crippen molar-refractivity contribution in [2.24, 2.45) is 0 Å². The molecule has 0 saturated heterocycles. The van der Waals surface area contributed by atoms with Crippen molar-refractivity contribution in [3.05, 3.63) is 40.2 Å². The van der Waals surface area contributed by atoms with Crippen LogP contribution in [0.15, 0.2) is 23.0 Å². The van der Waals surface area contributed by atoms with Gasteiger partial charge in [0, 0.05) is 12.5 Å². The largest absolute Gasteiger partial charge is 0.293 e.